The van der Waals surface area contributed by atoms with Crippen LogP contribution in [0.4, 0.5) is 0 Å². The van der Waals surface area contributed by atoms with Gasteiger partial charge in [0.2, 0.25) is 5.91 Å². The average Bonchev–Trinajstić information content (AvgIpc) is 2.84. The Morgan fingerprint density at radius 1 is 1.32 bits per heavy atom. The highest BCUT2D eigenvalue weighted by atomic mass is 16.5. The Kier molecular flexibility index (Phi) is 7.04. The average molecular weight is 311 g/mol. The molecule has 0 aromatic carbocycles. The van der Waals surface area contributed by atoms with Crippen molar-refractivity contribution in [3.05, 3.63) is 17.5 Å². The van der Waals surface area contributed by atoms with Gasteiger partial charge in [-0.05, 0) is 26.8 Å². The minimum atomic E-state index is -0.428. The van der Waals surface area contributed by atoms with E-state index in [9.17, 15) is 9.59 Å². The Morgan fingerprint density at radius 2 is 2.00 bits per heavy atom. The zero-order valence-corrected chi connectivity index (χ0v) is 14.0. The smallest absolute Gasteiger partial charge is 0.307 e. The van der Waals surface area contributed by atoms with Crippen LogP contribution in [-0.4, -0.2) is 60.5 Å². The van der Waals surface area contributed by atoms with E-state index in [1.165, 1.54) is 7.11 Å². The van der Waals surface area contributed by atoms with Gasteiger partial charge in [0.25, 0.3) is 0 Å². The van der Waals surface area contributed by atoms with E-state index in [1.807, 2.05) is 19.9 Å². The van der Waals surface area contributed by atoms with Gasteiger partial charge in [-0.15, -0.1) is 0 Å². The Morgan fingerprint density at radius 3 is 2.50 bits per heavy atom. The first-order chi connectivity index (χ1) is 10.4. The van der Waals surface area contributed by atoms with Crippen molar-refractivity contribution < 1.29 is 19.1 Å². The molecule has 0 unspecified atom stereocenters. The highest BCUT2D eigenvalue weighted by Crippen LogP contribution is 2.14. The van der Waals surface area contributed by atoms with Crippen LogP contribution in [0, 0.1) is 13.8 Å². The molecule has 0 radical (unpaired) electrons. The molecule has 0 saturated heterocycles. The Balaban J connectivity index is 2.80. The van der Waals surface area contributed by atoms with Gasteiger partial charge >= 0.3 is 5.97 Å². The fourth-order valence-electron chi connectivity index (χ4n) is 2.27. The zero-order valence-electron chi connectivity index (χ0n) is 14.0. The van der Waals surface area contributed by atoms with Crippen molar-refractivity contribution >= 4 is 11.9 Å². The van der Waals surface area contributed by atoms with Crippen LogP contribution >= 0.6 is 0 Å². The van der Waals surface area contributed by atoms with Crippen LogP contribution in [0.1, 0.15) is 30.8 Å². The van der Waals surface area contributed by atoms with Gasteiger partial charge in [0.15, 0.2) is 0 Å². The van der Waals surface area contributed by atoms with Crippen molar-refractivity contribution in [3.63, 3.8) is 0 Å². The van der Waals surface area contributed by atoms with Crippen LogP contribution in [0.3, 0.4) is 0 Å². The summed E-state index contributed by atoms with van der Waals surface area (Å²) in [7, 11) is 2.91. The summed E-state index contributed by atoms with van der Waals surface area (Å²) in [6, 6.07) is 1.50. The van der Waals surface area contributed by atoms with Crippen LogP contribution < -0.4 is 0 Å². The predicted molar refractivity (Wildman–Crippen MR) is 81.5 cm³/mol. The molecule has 0 aliphatic rings. The van der Waals surface area contributed by atoms with Crippen molar-refractivity contribution in [2.75, 3.05) is 33.9 Å². The molecular formula is C15H25N3O4. The third kappa shape index (κ3) is 4.84. The number of amides is 1. The van der Waals surface area contributed by atoms with Crippen molar-refractivity contribution in [3.8, 4) is 0 Å². The lowest BCUT2D eigenvalue weighted by Gasteiger charge is -2.26. The maximum Gasteiger partial charge on any atom is 0.307 e. The van der Waals surface area contributed by atoms with E-state index in [4.69, 9.17) is 4.74 Å². The second-order valence-electron chi connectivity index (χ2n) is 5.19. The molecule has 7 heteroatoms. The fourth-order valence-corrected chi connectivity index (χ4v) is 2.27. The molecule has 1 atom stereocenters. The first-order valence-electron chi connectivity index (χ1n) is 7.28. The molecular weight excluding hydrogens is 286 g/mol. The molecule has 1 aromatic heterocycles. The summed E-state index contributed by atoms with van der Waals surface area (Å²) >= 11 is 0. The number of ether oxygens (including phenoxy) is 2. The van der Waals surface area contributed by atoms with Gasteiger partial charge in [0.05, 0.1) is 25.8 Å². The Hall–Kier alpha value is -1.89. The van der Waals surface area contributed by atoms with Crippen LogP contribution in [0.15, 0.2) is 6.07 Å². The SMILES string of the molecule is COCCN(CCC(=O)OC)C(=O)[C@@H](C)n1nc(C)cc1C. The van der Waals surface area contributed by atoms with Gasteiger partial charge in [-0.1, -0.05) is 0 Å². The summed E-state index contributed by atoms with van der Waals surface area (Å²) < 4.78 is 11.4. The fraction of sp³-hybridized carbons (Fsp3) is 0.667. The van der Waals surface area contributed by atoms with Crippen LogP contribution in [0.2, 0.25) is 0 Å². The van der Waals surface area contributed by atoms with Crippen LogP contribution in [-0.2, 0) is 19.1 Å². The molecule has 0 aliphatic carbocycles. The quantitative estimate of drug-likeness (QED) is 0.672. The predicted octanol–water partition coefficient (Wildman–Crippen LogP) is 1.10. The van der Waals surface area contributed by atoms with Crippen molar-refractivity contribution in [1.82, 2.24) is 14.7 Å². The molecule has 0 fully saturated rings. The summed E-state index contributed by atoms with van der Waals surface area (Å²) in [6.07, 6.45) is 0.162. The molecule has 0 N–H and O–H groups in total. The van der Waals surface area contributed by atoms with E-state index >= 15 is 0 Å². The largest absolute Gasteiger partial charge is 0.469 e. The number of carbonyl (C=O) groups excluding carboxylic acids is 2. The molecule has 0 bridgehead atoms. The van der Waals surface area contributed by atoms with Gasteiger partial charge in [0, 0.05) is 25.9 Å². The molecule has 0 spiro atoms. The number of hydrogen-bond donors (Lipinski definition) is 0. The van der Waals surface area contributed by atoms with Gasteiger partial charge < -0.3 is 14.4 Å². The van der Waals surface area contributed by atoms with Crippen molar-refractivity contribution in [2.24, 2.45) is 0 Å². The lowest BCUT2D eigenvalue weighted by atomic mass is 10.2. The Bertz CT molecular complexity index is 513. The third-order valence-corrected chi connectivity index (χ3v) is 3.46. The molecule has 1 aromatic rings. The minimum Gasteiger partial charge on any atom is -0.469 e. The van der Waals surface area contributed by atoms with Crippen LogP contribution in [0.5, 0.6) is 0 Å². The van der Waals surface area contributed by atoms with E-state index in [2.05, 4.69) is 9.84 Å². The molecule has 1 rings (SSSR count). The van der Waals surface area contributed by atoms with E-state index in [1.54, 1.807) is 23.6 Å². The molecule has 1 amide bonds. The highest BCUT2D eigenvalue weighted by molar-refractivity contribution is 5.80. The Labute approximate surface area is 131 Å². The molecule has 0 aliphatic heterocycles. The number of aryl methyl sites for hydroxylation is 2. The zero-order chi connectivity index (χ0) is 16.7. The number of carbonyl (C=O) groups is 2. The second kappa shape index (κ2) is 8.53. The summed E-state index contributed by atoms with van der Waals surface area (Å²) in [5, 5.41) is 4.35. The normalized spacial score (nSPS) is 12.0. The number of nitrogens with zero attached hydrogens (tertiary/aromatic N) is 3. The van der Waals surface area contributed by atoms with E-state index in [0.717, 1.165) is 11.4 Å². The minimum absolute atomic E-state index is 0.0906. The maximum atomic E-state index is 12.7. The standard InChI is InChI=1S/C15H25N3O4/c1-11-10-12(2)18(16-11)13(3)15(20)17(8-9-21-4)7-6-14(19)22-5/h10,13H,6-9H2,1-5H3/t13-/m1/s1. The van der Waals surface area contributed by atoms with E-state index in [-0.39, 0.29) is 18.3 Å². The number of methoxy groups -OCH3 is 2. The van der Waals surface area contributed by atoms with E-state index in [0.29, 0.717) is 19.7 Å². The number of hydrogen-bond acceptors (Lipinski definition) is 5. The summed E-state index contributed by atoms with van der Waals surface area (Å²) in [4.78, 5) is 25.6. The van der Waals surface area contributed by atoms with Crippen molar-refractivity contribution in [2.45, 2.75) is 33.2 Å². The molecule has 0 saturated carbocycles. The number of rotatable bonds is 8. The van der Waals surface area contributed by atoms with Crippen LogP contribution in [0.25, 0.3) is 0 Å². The van der Waals surface area contributed by atoms with E-state index < -0.39 is 6.04 Å². The monoisotopic (exact) mass is 311 g/mol. The summed E-state index contributed by atoms with van der Waals surface area (Å²) in [5.74, 6) is -0.430. The lowest BCUT2D eigenvalue weighted by Crippen LogP contribution is -2.40. The number of aromatic nitrogens is 2. The molecule has 22 heavy (non-hydrogen) atoms. The summed E-state index contributed by atoms with van der Waals surface area (Å²) in [5.41, 5.74) is 1.80. The van der Waals surface area contributed by atoms with Gasteiger partial charge in [-0.3, -0.25) is 14.3 Å². The van der Waals surface area contributed by atoms with Gasteiger partial charge in [-0.25, -0.2) is 0 Å². The highest BCUT2D eigenvalue weighted by Gasteiger charge is 2.24. The van der Waals surface area contributed by atoms with Gasteiger partial charge in [0.1, 0.15) is 6.04 Å². The molecule has 124 valence electrons. The summed E-state index contributed by atoms with van der Waals surface area (Å²) in [6.45, 7) is 6.75. The lowest BCUT2D eigenvalue weighted by molar-refractivity contribution is -0.142. The van der Waals surface area contributed by atoms with Gasteiger partial charge in [-0.2, -0.15) is 5.10 Å². The van der Waals surface area contributed by atoms with Crippen molar-refractivity contribution in [1.29, 1.82) is 0 Å². The topological polar surface area (TPSA) is 73.7 Å². The first kappa shape index (κ1) is 18.2. The molecule has 1 heterocycles. The number of esters is 1. The second-order valence-corrected chi connectivity index (χ2v) is 5.19. The maximum absolute atomic E-state index is 12.7. The third-order valence-electron chi connectivity index (χ3n) is 3.46. The first-order valence-corrected chi connectivity index (χ1v) is 7.28. The molecule has 7 nitrogen and oxygen atoms in total.